The topological polar surface area (TPSA) is 84.2 Å². The lowest BCUT2D eigenvalue weighted by atomic mass is 10.1. The fourth-order valence-corrected chi connectivity index (χ4v) is 4.78. The fraction of sp³-hybridized carbons (Fsp3) is 0.500. The highest BCUT2D eigenvalue weighted by atomic mass is 32.1. The Morgan fingerprint density at radius 1 is 1.18 bits per heavy atom. The van der Waals surface area contributed by atoms with Crippen molar-refractivity contribution in [2.24, 2.45) is 0 Å². The molecule has 0 aliphatic carbocycles. The average molecular weight is 400 g/mol. The molecular formula is C20H25N5O2S. The van der Waals surface area contributed by atoms with Gasteiger partial charge in [-0.3, -0.25) is 4.79 Å². The molecule has 4 rings (SSSR count). The van der Waals surface area contributed by atoms with Crippen molar-refractivity contribution in [3.63, 3.8) is 0 Å². The van der Waals surface area contributed by atoms with Crippen molar-refractivity contribution in [1.82, 2.24) is 20.4 Å². The second-order valence-electron chi connectivity index (χ2n) is 7.31. The first-order chi connectivity index (χ1) is 13.6. The Bertz CT molecular complexity index is 972. The first-order valence-corrected chi connectivity index (χ1v) is 10.6. The summed E-state index contributed by atoms with van der Waals surface area (Å²) in [6, 6.07) is 1.82. The molecule has 28 heavy (non-hydrogen) atoms. The molecule has 148 valence electrons. The van der Waals surface area contributed by atoms with Gasteiger partial charge in [0.1, 0.15) is 17.0 Å². The summed E-state index contributed by atoms with van der Waals surface area (Å²) in [5, 5.41) is 7.78. The highest BCUT2D eigenvalue weighted by Crippen LogP contribution is 2.35. The van der Waals surface area contributed by atoms with Crippen LogP contribution in [0, 0.1) is 13.8 Å². The molecule has 1 aliphatic rings. The maximum atomic E-state index is 12.8. The van der Waals surface area contributed by atoms with E-state index in [1.165, 1.54) is 43.4 Å². The number of thiophene rings is 1. The summed E-state index contributed by atoms with van der Waals surface area (Å²) in [6.07, 6.45) is 7.83. The molecule has 0 bridgehead atoms. The number of amides is 1. The molecule has 3 aromatic rings. The number of carbonyl (C=O) groups excluding carboxylic acids is 1. The minimum Gasteiger partial charge on any atom is -0.359 e. The third-order valence-electron chi connectivity index (χ3n) is 5.17. The van der Waals surface area contributed by atoms with Gasteiger partial charge in [-0.25, -0.2) is 9.97 Å². The number of aryl methyl sites for hydroxylation is 2. The van der Waals surface area contributed by atoms with E-state index in [2.05, 4.69) is 25.3 Å². The Balaban J connectivity index is 1.60. The zero-order valence-electron chi connectivity index (χ0n) is 16.3. The van der Waals surface area contributed by atoms with Gasteiger partial charge in [0, 0.05) is 19.2 Å². The van der Waals surface area contributed by atoms with Crippen LogP contribution >= 0.6 is 11.3 Å². The smallest absolute Gasteiger partial charge is 0.262 e. The van der Waals surface area contributed by atoms with Crippen LogP contribution in [0.5, 0.6) is 0 Å². The molecule has 0 radical (unpaired) electrons. The summed E-state index contributed by atoms with van der Waals surface area (Å²) in [5.74, 6) is 1.49. The van der Waals surface area contributed by atoms with Crippen molar-refractivity contribution in [3.05, 3.63) is 34.3 Å². The predicted octanol–water partition coefficient (Wildman–Crippen LogP) is 4.00. The molecule has 0 spiro atoms. The SMILES string of the molecule is Cc1cc(CNC(=O)c2sc3ncnc(N4CCCCCCC4)c3c2C)on1. The van der Waals surface area contributed by atoms with Gasteiger partial charge in [0.2, 0.25) is 0 Å². The number of nitrogens with one attached hydrogen (secondary N) is 1. The van der Waals surface area contributed by atoms with Gasteiger partial charge in [-0.15, -0.1) is 11.3 Å². The quantitative estimate of drug-likeness (QED) is 0.714. The van der Waals surface area contributed by atoms with E-state index in [9.17, 15) is 4.79 Å². The van der Waals surface area contributed by atoms with Gasteiger partial charge in [-0.1, -0.05) is 24.4 Å². The minimum atomic E-state index is -0.117. The molecule has 0 atom stereocenters. The molecule has 3 aromatic heterocycles. The summed E-state index contributed by atoms with van der Waals surface area (Å²) >= 11 is 1.42. The van der Waals surface area contributed by atoms with E-state index in [1.54, 1.807) is 6.33 Å². The number of hydrogen-bond donors (Lipinski definition) is 1. The number of hydrogen-bond acceptors (Lipinski definition) is 7. The van der Waals surface area contributed by atoms with Crippen molar-refractivity contribution in [2.45, 2.75) is 52.5 Å². The first kappa shape index (κ1) is 18.9. The predicted molar refractivity (Wildman–Crippen MR) is 110 cm³/mol. The molecule has 1 aliphatic heterocycles. The molecule has 1 fully saturated rings. The number of nitrogens with zero attached hydrogens (tertiary/aromatic N) is 4. The van der Waals surface area contributed by atoms with Crippen molar-refractivity contribution in [1.29, 1.82) is 0 Å². The number of carbonyl (C=O) groups is 1. The zero-order valence-corrected chi connectivity index (χ0v) is 17.1. The molecule has 0 unspecified atom stereocenters. The molecule has 0 aromatic carbocycles. The van der Waals surface area contributed by atoms with E-state index in [0.29, 0.717) is 17.2 Å². The van der Waals surface area contributed by atoms with Crippen LogP contribution in [-0.4, -0.2) is 34.1 Å². The molecule has 0 saturated carbocycles. The molecule has 8 heteroatoms. The van der Waals surface area contributed by atoms with Crippen molar-refractivity contribution in [3.8, 4) is 0 Å². The van der Waals surface area contributed by atoms with Gasteiger partial charge < -0.3 is 14.7 Å². The molecular weight excluding hydrogens is 374 g/mol. The zero-order chi connectivity index (χ0) is 19.5. The van der Waals surface area contributed by atoms with Crippen LogP contribution in [0.1, 0.15) is 58.8 Å². The molecule has 1 N–H and O–H groups in total. The maximum absolute atomic E-state index is 12.8. The second kappa shape index (κ2) is 8.26. The summed E-state index contributed by atoms with van der Waals surface area (Å²) < 4.78 is 5.17. The fourth-order valence-electron chi connectivity index (χ4n) is 3.72. The van der Waals surface area contributed by atoms with Gasteiger partial charge in [0.25, 0.3) is 5.91 Å². The Morgan fingerprint density at radius 2 is 1.93 bits per heavy atom. The largest absolute Gasteiger partial charge is 0.359 e. The van der Waals surface area contributed by atoms with E-state index >= 15 is 0 Å². The normalized spacial score (nSPS) is 15.4. The van der Waals surface area contributed by atoms with Gasteiger partial charge in [-0.2, -0.15) is 0 Å². The standard InChI is InChI=1S/C20H25N5O2S/c1-13-10-15(27-24-13)11-21-19(26)17-14(2)16-18(22-12-23-20(16)28-17)25-8-6-4-3-5-7-9-25/h10,12H,3-9,11H2,1-2H3,(H,21,26). The summed E-state index contributed by atoms with van der Waals surface area (Å²) in [7, 11) is 0. The van der Waals surface area contributed by atoms with Crippen LogP contribution in [0.3, 0.4) is 0 Å². The van der Waals surface area contributed by atoms with Crippen molar-refractivity contribution < 1.29 is 9.32 Å². The Morgan fingerprint density at radius 3 is 2.64 bits per heavy atom. The van der Waals surface area contributed by atoms with Crippen LogP contribution < -0.4 is 10.2 Å². The molecule has 1 saturated heterocycles. The average Bonchev–Trinajstić information content (AvgIpc) is 3.23. The van der Waals surface area contributed by atoms with Crippen molar-refractivity contribution >= 4 is 33.3 Å². The van der Waals surface area contributed by atoms with Crippen LogP contribution in [0.25, 0.3) is 10.2 Å². The van der Waals surface area contributed by atoms with Gasteiger partial charge >= 0.3 is 0 Å². The van der Waals surface area contributed by atoms with E-state index in [-0.39, 0.29) is 5.91 Å². The van der Waals surface area contributed by atoms with E-state index in [1.807, 2.05) is 19.9 Å². The Labute approximate surface area is 168 Å². The lowest BCUT2D eigenvalue weighted by Crippen LogP contribution is -2.28. The summed E-state index contributed by atoms with van der Waals surface area (Å²) in [4.78, 5) is 25.7. The monoisotopic (exact) mass is 399 g/mol. The van der Waals surface area contributed by atoms with E-state index < -0.39 is 0 Å². The van der Waals surface area contributed by atoms with E-state index in [4.69, 9.17) is 4.52 Å². The number of fused-ring (bicyclic) bond motifs is 1. The number of anilines is 1. The highest BCUT2D eigenvalue weighted by Gasteiger charge is 2.22. The lowest BCUT2D eigenvalue weighted by Gasteiger charge is -2.26. The molecule has 1 amide bonds. The summed E-state index contributed by atoms with van der Waals surface area (Å²) in [6.45, 7) is 6.18. The third kappa shape index (κ3) is 3.87. The lowest BCUT2D eigenvalue weighted by molar-refractivity contribution is 0.0950. The van der Waals surface area contributed by atoms with Crippen LogP contribution in [0.4, 0.5) is 5.82 Å². The maximum Gasteiger partial charge on any atom is 0.262 e. The molecule has 7 nitrogen and oxygen atoms in total. The number of rotatable bonds is 4. The van der Waals surface area contributed by atoms with Crippen LogP contribution in [-0.2, 0) is 6.54 Å². The van der Waals surface area contributed by atoms with Crippen LogP contribution in [0.15, 0.2) is 16.9 Å². The van der Waals surface area contributed by atoms with Crippen LogP contribution in [0.2, 0.25) is 0 Å². The van der Waals surface area contributed by atoms with Gasteiger partial charge in [0.05, 0.1) is 22.5 Å². The third-order valence-corrected chi connectivity index (χ3v) is 6.37. The number of aromatic nitrogens is 3. The van der Waals surface area contributed by atoms with E-state index in [0.717, 1.165) is 40.4 Å². The highest BCUT2D eigenvalue weighted by molar-refractivity contribution is 7.20. The Kier molecular flexibility index (Phi) is 5.57. The van der Waals surface area contributed by atoms with Crippen molar-refractivity contribution in [2.75, 3.05) is 18.0 Å². The minimum absolute atomic E-state index is 0.117. The second-order valence-corrected chi connectivity index (χ2v) is 8.30. The molecule has 4 heterocycles. The Hall–Kier alpha value is -2.48. The summed E-state index contributed by atoms with van der Waals surface area (Å²) in [5.41, 5.74) is 1.75. The van der Waals surface area contributed by atoms with Gasteiger partial charge in [-0.05, 0) is 32.3 Å². The first-order valence-electron chi connectivity index (χ1n) is 9.83. The van der Waals surface area contributed by atoms with Gasteiger partial charge in [0.15, 0.2) is 5.76 Å².